The Morgan fingerprint density at radius 1 is 1.44 bits per heavy atom. The summed E-state index contributed by atoms with van der Waals surface area (Å²) in [5.74, 6) is 0.467. The first-order valence-corrected chi connectivity index (χ1v) is 6.42. The van der Waals surface area contributed by atoms with Crippen molar-refractivity contribution in [3.8, 4) is 6.07 Å². The van der Waals surface area contributed by atoms with E-state index in [-0.39, 0.29) is 0 Å². The zero-order valence-electron chi connectivity index (χ0n) is 9.56. The van der Waals surface area contributed by atoms with Gasteiger partial charge in [0.05, 0.1) is 27.2 Å². The first-order chi connectivity index (χ1) is 7.46. The molecule has 1 aromatic rings. The summed E-state index contributed by atoms with van der Waals surface area (Å²) in [7, 11) is -1.12. The molecule has 0 heterocycles. The third kappa shape index (κ3) is 3.35. The lowest BCUT2D eigenvalue weighted by atomic mass is 9.93. The molecule has 0 aliphatic heterocycles. The van der Waals surface area contributed by atoms with E-state index in [1.807, 2.05) is 26.0 Å². The highest BCUT2D eigenvalue weighted by Crippen LogP contribution is 2.22. The molecule has 0 saturated carbocycles. The predicted octanol–water partition coefficient (Wildman–Crippen LogP) is 2.32. The minimum absolute atomic E-state index is 0.431. The molecule has 1 unspecified atom stereocenters. The molecule has 0 aliphatic carbocycles. The van der Waals surface area contributed by atoms with E-state index in [1.54, 1.807) is 12.1 Å². The van der Waals surface area contributed by atoms with E-state index in [1.165, 1.54) is 0 Å². The Labute approximate surface area is 98.7 Å². The maximum Gasteiger partial charge on any atom is 0.0684 e. The van der Waals surface area contributed by atoms with Crippen LogP contribution in [0.3, 0.4) is 0 Å². The van der Waals surface area contributed by atoms with Gasteiger partial charge >= 0.3 is 0 Å². The molecule has 0 radical (unpaired) electrons. The average molecular weight is 236 g/mol. The van der Waals surface area contributed by atoms with Crippen LogP contribution in [-0.2, 0) is 10.8 Å². The van der Waals surface area contributed by atoms with Crippen LogP contribution in [-0.4, -0.2) is 9.96 Å². The van der Waals surface area contributed by atoms with Gasteiger partial charge in [0.15, 0.2) is 0 Å². The first kappa shape index (κ1) is 12.7. The van der Waals surface area contributed by atoms with E-state index >= 15 is 0 Å². The quantitative estimate of drug-likeness (QED) is 0.816. The molecule has 1 atom stereocenters. The van der Waals surface area contributed by atoms with Gasteiger partial charge < -0.3 is 5.73 Å². The standard InChI is InChI=1S/C12H16N2OS/c1-12(2,9-13)7-8-16(15)11-6-4-3-5-10(11)14/h3-6H,7-8,14H2,1-2H3. The number of nitrogen functional groups attached to an aromatic ring is 1. The fourth-order valence-electron chi connectivity index (χ4n) is 1.20. The van der Waals surface area contributed by atoms with Crippen LogP contribution in [0.1, 0.15) is 20.3 Å². The van der Waals surface area contributed by atoms with Gasteiger partial charge in [0.2, 0.25) is 0 Å². The number of nitrogens with two attached hydrogens (primary N) is 1. The minimum atomic E-state index is -1.12. The van der Waals surface area contributed by atoms with Gasteiger partial charge in [-0.05, 0) is 32.4 Å². The second-order valence-electron chi connectivity index (χ2n) is 4.33. The Hall–Kier alpha value is -1.34. The molecule has 0 bridgehead atoms. The van der Waals surface area contributed by atoms with E-state index in [0.29, 0.717) is 22.8 Å². The van der Waals surface area contributed by atoms with Crippen molar-refractivity contribution in [2.45, 2.75) is 25.2 Å². The molecule has 4 heteroatoms. The zero-order valence-corrected chi connectivity index (χ0v) is 10.4. The smallest absolute Gasteiger partial charge is 0.0684 e. The van der Waals surface area contributed by atoms with E-state index in [9.17, 15) is 4.21 Å². The van der Waals surface area contributed by atoms with Gasteiger partial charge in [0.25, 0.3) is 0 Å². The van der Waals surface area contributed by atoms with Gasteiger partial charge in [-0.1, -0.05) is 12.1 Å². The highest BCUT2D eigenvalue weighted by Gasteiger charge is 2.18. The molecule has 2 N–H and O–H groups in total. The number of hydrogen-bond donors (Lipinski definition) is 1. The Bertz CT molecular complexity index is 435. The molecule has 86 valence electrons. The van der Waals surface area contributed by atoms with Crippen molar-refractivity contribution in [1.29, 1.82) is 5.26 Å². The lowest BCUT2D eigenvalue weighted by Gasteiger charge is -2.14. The first-order valence-electron chi connectivity index (χ1n) is 5.10. The van der Waals surface area contributed by atoms with Crippen molar-refractivity contribution in [1.82, 2.24) is 0 Å². The molecule has 1 aromatic carbocycles. The van der Waals surface area contributed by atoms with Crippen LogP contribution in [0.4, 0.5) is 5.69 Å². The number of para-hydroxylation sites is 1. The summed E-state index contributed by atoms with van der Waals surface area (Å²) >= 11 is 0. The van der Waals surface area contributed by atoms with Gasteiger partial charge in [-0.3, -0.25) is 4.21 Å². The molecule has 3 nitrogen and oxygen atoms in total. The van der Waals surface area contributed by atoms with Crippen LogP contribution < -0.4 is 5.73 Å². The fourth-order valence-corrected chi connectivity index (χ4v) is 2.68. The van der Waals surface area contributed by atoms with E-state index < -0.39 is 16.2 Å². The van der Waals surface area contributed by atoms with E-state index in [4.69, 9.17) is 11.0 Å². The Morgan fingerprint density at radius 3 is 2.62 bits per heavy atom. The molecule has 0 aliphatic rings. The molecule has 0 aromatic heterocycles. The zero-order chi connectivity index (χ0) is 12.2. The summed E-state index contributed by atoms with van der Waals surface area (Å²) in [4.78, 5) is 0.663. The number of nitriles is 1. The van der Waals surface area contributed by atoms with Gasteiger partial charge in [-0.25, -0.2) is 0 Å². The number of hydrogen-bond acceptors (Lipinski definition) is 3. The van der Waals surface area contributed by atoms with Crippen LogP contribution >= 0.6 is 0 Å². The Morgan fingerprint density at radius 2 is 2.06 bits per heavy atom. The molecule has 16 heavy (non-hydrogen) atoms. The van der Waals surface area contributed by atoms with Gasteiger partial charge in [-0.2, -0.15) is 5.26 Å². The predicted molar refractivity (Wildman–Crippen MR) is 66.1 cm³/mol. The fraction of sp³-hybridized carbons (Fsp3) is 0.417. The van der Waals surface area contributed by atoms with Crippen LogP contribution in [0.2, 0.25) is 0 Å². The normalized spacial score (nSPS) is 13.1. The summed E-state index contributed by atoms with van der Waals surface area (Å²) in [5, 5.41) is 8.86. The minimum Gasteiger partial charge on any atom is -0.398 e. The van der Waals surface area contributed by atoms with Crippen LogP contribution in [0.15, 0.2) is 29.2 Å². The van der Waals surface area contributed by atoms with Crippen molar-refractivity contribution >= 4 is 16.5 Å². The molecule has 0 amide bonds. The third-order valence-corrected chi connectivity index (χ3v) is 3.82. The topological polar surface area (TPSA) is 66.9 Å². The maximum absolute atomic E-state index is 11.9. The number of rotatable bonds is 4. The van der Waals surface area contributed by atoms with E-state index in [0.717, 1.165) is 0 Å². The largest absolute Gasteiger partial charge is 0.398 e. The summed E-state index contributed by atoms with van der Waals surface area (Å²) in [6.45, 7) is 3.69. The van der Waals surface area contributed by atoms with Crippen LogP contribution in [0.25, 0.3) is 0 Å². The molecule has 1 rings (SSSR count). The van der Waals surface area contributed by atoms with E-state index in [2.05, 4.69) is 6.07 Å². The van der Waals surface area contributed by atoms with Gasteiger partial charge in [-0.15, -0.1) is 0 Å². The number of benzene rings is 1. The highest BCUT2D eigenvalue weighted by molar-refractivity contribution is 7.85. The summed E-state index contributed by atoms with van der Waals surface area (Å²) < 4.78 is 11.9. The Kier molecular flexibility index (Phi) is 4.08. The average Bonchev–Trinajstić information content (AvgIpc) is 2.27. The second kappa shape index (κ2) is 5.13. The summed E-state index contributed by atoms with van der Waals surface area (Å²) in [5.41, 5.74) is 5.86. The summed E-state index contributed by atoms with van der Waals surface area (Å²) in [6.07, 6.45) is 0.602. The molecular weight excluding hydrogens is 220 g/mol. The Balaban J connectivity index is 2.68. The number of anilines is 1. The third-order valence-electron chi connectivity index (χ3n) is 2.38. The van der Waals surface area contributed by atoms with Crippen molar-refractivity contribution in [3.63, 3.8) is 0 Å². The van der Waals surface area contributed by atoms with Gasteiger partial charge in [0.1, 0.15) is 0 Å². The SMILES string of the molecule is CC(C)(C#N)CCS(=O)c1ccccc1N. The summed E-state index contributed by atoms with van der Waals surface area (Å²) in [6, 6.07) is 9.34. The van der Waals surface area contributed by atoms with Crippen LogP contribution in [0, 0.1) is 16.7 Å². The number of nitrogens with zero attached hydrogens (tertiary/aromatic N) is 1. The maximum atomic E-state index is 11.9. The molecule has 0 spiro atoms. The van der Waals surface area contributed by atoms with Crippen molar-refractivity contribution in [2.24, 2.45) is 5.41 Å². The van der Waals surface area contributed by atoms with Crippen molar-refractivity contribution < 1.29 is 4.21 Å². The van der Waals surface area contributed by atoms with Gasteiger partial charge in [0, 0.05) is 11.4 Å². The van der Waals surface area contributed by atoms with Crippen LogP contribution in [0.5, 0.6) is 0 Å². The van der Waals surface area contributed by atoms with Crippen molar-refractivity contribution in [2.75, 3.05) is 11.5 Å². The molecule has 0 fully saturated rings. The lowest BCUT2D eigenvalue weighted by Crippen LogP contribution is -2.13. The highest BCUT2D eigenvalue weighted by atomic mass is 32.2. The monoisotopic (exact) mass is 236 g/mol. The lowest BCUT2D eigenvalue weighted by molar-refractivity contribution is 0.479. The molecule has 0 saturated heterocycles. The molecular formula is C12H16N2OS. The van der Waals surface area contributed by atoms with Crippen molar-refractivity contribution in [3.05, 3.63) is 24.3 Å². The second-order valence-corrected chi connectivity index (χ2v) is 5.87.